The van der Waals surface area contributed by atoms with E-state index in [2.05, 4.69) is 5.10 Å². The smallest absolute Gasteiger partial charge is 0.280 e. The third-order valence-corrected chi connectivity index (χ3v) is 2.54. The van der Waals surface area contributed by atoms with Crippen molar-refractivity contribution in [2.45, 2.75) is 20.3 Å². The highest BCUT2D eigenvalue weighted by molar-refractivity contribution is 6.18. The molecule has 1 aromatic heterocycles. The first kappa shape index (κ1) is 13.9. The fourth-order valence-corrected chi connectivity index (χ4v) is 1.21. The summed E-state index contributed by atoms with van der Waals surface area (Å²) in [4.78, 5) is 11.1. The van der Waals surface area contributed by atoms with E-state index in [4.69, 9.17) is 16.3 Å². The van der Waals surface area contributed by atoms with Gasteiger partial charge in [-0.25, -0.2) is 8.78 Å². The molecule has 4 nitrogen and oxygen atoms in total. The van der Waals surface area contributed by atoms with Gasteiger partial charge in [-0.3, -0.25) is 4.79 Å². The molecule has 1 heterocycles. The number of carbonyl (C=O) groups is 1. The van der Waals surface area contributed by atoms with Crippen LogP contribution in [0.5, 0.6) is 5.88 Å². The van der Waals surface area contributed by atoms with Gasteiger partial charge < -0.3 is 4.74 Å². The molecular weight excluding hydrogens is 254 g/mol. The van der Waals surface area contributed by atoms with Gasteiger partial charge in [0.2, 0.25) is 11.8 Å². The van der Waals surface area contributed by atoms with Crippen LogP contribution in [0, 0.1) is 5.92 Å². The van der Waals surface area contributed by atoms with Crippen LogP contribution >= 0.6 is 11.6 Å². The van der Waals surface area contributed by atoms with Gasteiger partial charge in [0.1, 0.15) is 5.69 Å². The lowest BCUT2D eigenvalue weighted by molar-refractivity contribution is 0.0873. The molecule has 0 saturated heterocycles. The number of carbonyl (C=O) groups excluding carboxylic acids is 1. The molecule has 0 fully saturated rings. The summed E-state index contributed by atoms with van der Waals surface area (Å²) < 4.78 is 31.0. The zero-order chi connectivity index (χ0) is 13.0. The third-order valence-electron chi connectivity index (χ3n) is 2.02. The van der Waals surface area contributed by atoms with Gasteiger partial charge in [0.25, 0.3) is 6.43 Å². The van der Waals surface area contributed by atoms with E-state index in [-0.39, 0.29) is 18.4 Å². The number of halogens is 3. The monoisotopic (exact) mass is 266 g/mol. The molecule has 0 spiro atoms. The molecule has 0 aliphatic carbocycles. The minimum atomic E-state index is -2.77. The average Bonchev–Trinajstić information content (AvgIpc) is 2.70. The van der Waals surface area contributed by atoms with Crippen LogP contribution in [0.4, 0.5) is 8.78 Å². The molecule has 7 heteroatoms. The number of hydrogen-bond acceptors (Lipinski definition) is 3. The molecule has 0 bridgehead atoms. The summed E-state index contributed by atoms with van der Waals surface area (Å²) in [6.07, 6.45) is -2.77. The van der Waals surface area contributed by atoms with Crippen LogP contribution in [-0.4, -0.2) is 28.2 Å². The lowest BCUT2D eigenvalue weighted by atomic mass is 10.2. The minimum absolute atomic E-state index is 0.00691. The van der Waals surface area contributed by atoms with E-state index < -0.39 is 18.0 Å². The van der Waals surface area contributed by atoms with E-state index in [9.17, 15) is 13.6 Å². The fraction of sp³-hybridized carbons (Fsp3) is 0.600. The highest BCUT2D eigenvalue weighted by Crippen LogP contribution is 2.23. The predicted molar refractivity (Wildman–Crippen MR) is 58.9 cm³/mol. The molecule has 17 heavy (non-hydrogen) atoms. The van der Waals surface area contributed by atoms with Gasteiger partial charge in [0, 0.05) is 24.8 Å². The Balaban J connectivity index is 2.81. The molecule has 0 saturated carbocycles. The van der Waals surface area contributed by atoms with Crippen molar-refractivity contribution in [3.8, 4) is 5.88 Å². The van der Waals surface area contributed by atoms with E-state index in [1.807, 2.05) is 6.92 Å². The molecule has 1 atom stereocenters. The van der Waals surface area contributed by atoms with Gasteiger partial charge in [-0.15, -0.1) is 16.7 Å². The minimum Gasteiger partial charge on any atom is -0.476 e. The Hall–Kier alpha value is -1.17. The van der Waals surface area contributed by atoms with Crippen molar-refractivity contribution in [3.63, 3.8) is 0 Å². The van der Waals surface area contributed by atoms with Crippen molar-refractivity contribution < 1.29 is 18.3 Å². The lowest BCUT2D eigenvalue weighted by Crippen LogP contribution is -2.13. The fourth-order valence-electron chi connectivity index (χ4n) is 1.12. The van der Waals surface area contributed by atoms with Crippen LogP contribution in [0.3, 0.4) is 0 Å². The maximum absolute atomic E-state index is 12.6. The van der Waals surface area contributed by atoms with E-state index >= 15 is 0 Å². The average molecular weight is 267 g/mol. The zero-order valence-corrected chi connectivity index (χ0v) is 10.2. The number of hydrogen-bond donors (Lipinski definition) is 0. The van der Waals surface area contributed by atoms with E-state index in [1.54, 1.807) is 0 Å². The summed E-state index contributed by atoms with van der Waals surface area (Å²) in [5.74, 6) is -0.100. The van der Waals surface area contributed by atoms with Gasteiger partial charge in [-0.1, -0.05) is 6.92 Å². The van der Waals surface area contributed by atoms with Crippen LogP contribution < -0.4 is 4.74 Å². The van der Waals surface area contributed by atoms with Crippen LogP contribution in [-0.2, 0) is 0 Å². The Morgan fingerprint density at radius 3 is 2.71 bits per heavy atom. The number of nitrogens with zero attached hydrogens (tertiary/aromatic N) is 2. The van der Waals surface area contributed by atoms with E-state index in [0.29, 0.717) is 10.6 Å². The highest BCUT2D eigenvalue weighted by atomic mass is 35.5. The largest absolute Gasteiger partial charge is 0.476 e. The molecule has 0 radical (unpaired) electrons. The van der Waals surface area contributed by atoms with Crippen LogP contribution in [0.25, 0.3) is 0 Å². The van der Waals surface area contributed by atoms with Gasteiger partial charge in [0.15, 0.2) is 0 Å². The Morgan fingerprint density at radius 2 is 2.29 bits per heavy atom. The van der Waals surface area contributed by atoms with E-state index in [0.717, 1.165) is 13.0 Å². The van der Waals surface area contributed by atoms with Crippen molar-refractivity contribution in [3.05, 3.63) is 11.8 Å². The quantitative estimate of drug-likeness (QED) is 0.770. The number of aromatic nitrogens is 2. The number of rotatable bonds is 5. The van der Waals surface area contributed by atoms with Crippen molar-refractivity contribution in [1.82, 2.24) is 9.78 Å². The maximum Gasteiger partial charge on any atom is 0.280 e. The molecule has 0 aliphatic rings. The Kier molecular flexibility index (Phi) is 4.86. The summed E-state index contributed by atoms with van der Waals surface area (Å²) in [6.45, 7) is 3.27. The molecule has 0 N–H and O–H groups in total. The Morgan fingerprint density at radius 1 is 1.65 bits per heavy atom. The summed E-state index contributed by atoms with van der Waals surface area (Å²) >= 11 is 5.58. The second-order valence-corrected chi connectivity index (χ2v) is 4.02. The first-order valence-electron chi connectivity index (χ1n) is 5.03. The normalized spacial score (nSPS) is 12.8. The van der Waals surface area contributed by atoms with Gasteiger partial charge in [-0.2, -0.15) is 4.68 Å². The number of alkyl halides is 3. The molecule has 1 rings (SSSR count). The van der Waals surface area contributed by atoms with Crippen molar-refractivity contribution >= 4 is 17.5 Å². The lowest BCUT2D eigenvalue weighted by Gasteiger charge is -2.06. The second-order valence-electron chi connectivity index (χ2n) is 3.71. The summed E-state index contributed by atoms with van der Waals surface area (Å²) in [7, 11) is 0. The van der Waals surface area contributed by atoms with Crippen molar-refractivity contribution in [1.29, 1.82) is 0 Å². The van der Waals surface area contributed by atoms with Crippen molar-refractivity contribution in [2.24, 2.45) is 5.92 Å². The number of ether oxygens (including phenoxy) is 1. The maximum atomic E-state index is 12.6. The first-order valence-corrected chi connectivity index (χ1v) is 5.57. The van der Waals surface area contributed by atoms with Gasteiger partial charge in [0.05, 0.1) is 6.61 Å². The molecule has 1 unspecified atom stereocenters. The van der Waals surface area contributed by atoms with Gasteiger partial charge >= 0.3 is 0 Å². The summed E-state index contributed by atoms with van der Waals surface area (Å²) in [5.41, 5.74) is -0.467. The summed E-state index contributed by atoms with van der Waals surface area (Å²) in [5, 5.41) is 3.66. The summed E-state index contributed by atoms with van der Waals surface area (Å²) in [6, 6.07) is 1.06. The highest BCUT2D eigenvalue weighted by Gasteiger charge is 2.20. The Bertz CT molecular complexity index is 396. The topological polar surface area (TPSA) is 44.1 Å². The standard InChI is InChI=1S/C10H13ClF2N2O2/c1-6(4-11)5-17-9-3-8(10(12)13)15(14-9)7(2)16/h3,6,10H,4-5H2,1-2H3. The SMILES string of the molecule is CC(=O)n1nc(OCC(C)CCl)cc1C(F)F. The molecular formula is C10H13ClF2N2O2. The molecule has 0 amide bonds. The second kappa shape index (κ2) is 5.95. The molecule has 0 aromatic carbocycles. The molecule has 96 valence electrons. The van der Waals surface area contributed by atoms with Crippen LogP contribution in [0.1, 0.15) is 30.8 Å². The third kappa shape index (κ3) is 3.66. The molecule has 1 aromatic rings. The first-order chi connectivity index (χ1) is 7.95. The van der Waals surface area contributed by atoms with E-state index in [1.165, 1.54) is 0 Å². The van der Waals surface area contributed by atoms with Crippen LogP contribution in [0.15, 0.2) is 6.07 Å². The Labute approximate surface area is 103 Å². The molecule has 0 aliphatic heterocycles. The zero-order valence-electron chi connectivity index (χ0n) is 9.49. The predicted octanol–water partition coefficient (Wildman–Crippen LogP) is 2.73. The van der Waals surface area contributed by atoms with Crippen molar-refractivity contribution in [2.75, 3.05) is 12.5 Å². The van der Waals surface area contributed by atoms with Gasteiger partial charge in [-0.05, 0) is 0 Å². The van der Waals surface area contributed by atoms with Crippen LogP contribution in [0.2, 0.25) is 0 Å².